The molecule has 8 heteroatoms. The fraction of sp³-hybridized carbons (Fsp3) is 0.667. The van der Waals surface area contributed by atoms with E-state index in [1.807, 2.05) is 0 Å². The number of hydrogen-bond acceptors (Lipinski definition) is 3. The van der Waals surface area contributed by atoms with Gasteiger partial charge in [0.2, 0.25) is 0 Å². The maximum Gasteiger partial charge on any atom is 0.407 e. The molecule has 2 N–H and O–H groups in total. The van der Waals surface area contributed by atoms with Gasteiger partial charge in [-0.3, -0.25) is 4.68 Å². The highest BCUT2D eigenvalue weighted by atomic mass is 19.3. The lowest BCUT2D eigenvalue weighted by atomic mass is 10.00. The summed E-state index contributed by atoms with van der Waals surface area (Å²) in [5.74, 6) is -3.08. The number of amides is 1. The highest BCUT2D eigenvalue weighted by Crippen LogP contribution is 2.40. The van der Waals surface area contributed by atoms with Gasteiger partial charge in [0, 0.05) is 24.9 Å². The van der Waals surface area contributed by atoms with Gasteiger partial charge in [-0.15, -0.1) is 0 Å². The molecule has 2 aliphatic heterocycles. The number of nitrogens with zero attached hydrogens (tertiary/aromatic N) is 3. The lowest BCUT2D eigenvalue weighted by Gasteiger charge is -2.25. The molecular weight excluding hydrogens is 272 g/mol. The molecule has 110 valence electrons. The summed E-state index contributed by atoms with van der Waals surface area (Å²) in [4.78, 5) is 12.1. The Morgan fingerprint density at radius 1 is 1.45 bits per heavy atom. The third kappa shape index (κ3) is 2.04. The van der Waals surface area contributed by atoms with Crippen molar-refractivity contribution in [2.45, 2.75) is 44.4 Å². The topological polar surface area (TPSA) is 78.6 Å². The number of carbonyl (C=O) groups is 1. The highest BCUT2D eigenvalue weighted by molar-refractivity contribution is 5.65. The van der Waals surface area contributed by atoms with E-state index in [1.54, 1.807) is 0 Å². The molecule has 1 atom stereocenters. The second-order valence-corrected chi connectivity index (χ2v) is 5.31. The maximum atomic E-state index is 14.2. The van der Waals surface area contributed by atoms with Crippen LogP contribution in [0.25, 0.3) is 0 Å². The molecule has 0 bridgehead atoms. The summed E-state index contributed by atoms with van der Waals surface area (Å²) >= 11 is 0. The van der Waals surface area contributed by atoms with Crippen molar-refractivity contribution in [1.82, 2.24) is 14.7 Å². The predicted octanol–water partition coefficient (Wildman–Crippen LogP) is 1.17. The third-order valence-corrected chi connectivity index (χ3v) is 3.89. The van der Waals surface area contributed by atoms with Crippen molar-refractivity contribution >= 4 is 6.09 Å². The molecule has 1 aromatic heterocycles. The van der Waals surface area contributed by atoms with Crippen LogP contribution in [-0.2, 0) is 25.4 Å². The Balaban J connectivity index is 2.06. The van der Waals surface area contributed by atoms with E-state index in [2.05, 4.69) is 5.10 Å². The molecule has 0 fully saturated rings. The van der Waals surface area contributed by atoms with Crippen LogP contribution in [-0.4, -0.2) is 43.6 Å². The van der Waals surface area contributed by atoms with Crippen molar-refractivity contribution in [2.24, 2.45) is 0 Å². The fourth-order valence-corrected chi connectivity index (χ4v) is 2.89. The van der Waals surface area contributed by atoms with Gasteiger partial charge in [0.25, 0.3) is 5.92 Å². The van der Waals surface area contributed by atoms with E-state index in [-0.39, 0.29) is 31.7 Å². The van der Waals surface area contributed by atoms with E-state index in [0.717, 1.165) is 9.58 Å². The minimum atomic E-state index is -3.08. The molecule has 0 spiro atoms. The molecule has 0 aromatic carbocycles. The van der Waals surface area contributed by atoms with E-state index in [1.165, 1.54) is 0 Å². The maximum absolute atomic E-state index is 14.2. The molecule has 1 amide bonds. The van der Waals surface area contributed by atoms with Crippen LogP contribution in [0.2, 0.25) is 0 Å². The molecule has 1 unspecified atom stereocenters. The quantitative estimate of drug-likeness (QED) is 0.750. The number of fused-ring (bicyclic) bond motifs is 3. The van der Waals surface area contributed by atoms with Crippen LogP contribution in [0.1, 0.15) is 29.8 Å². The smallest absolute Gasteiger partial charge is 0.407 e. The Labute approximate surface area is 113 Å². The number of hydrogen-bond donors (Lipinski definition) is 2. The Bertz CT molecular complexity index is 558. The van der Waals surface area contributed by atoms with Crippen LogP contribution in [0.4, 0.5) is 13.6 Å². The summed E-state index contributed by atoms with van der Waals surface area (Å²) in [7, 11) is 0. The van der Waals surface area contributed by atoms with Crippen LogP contribution >= 0.6 is 0 Å². The summed E-state index contributed by atoms with van der Waals surface area (Å²) < 4.78 is 29.6. The van der Waals surface area contributed by atoms with Crippen LogP contribution in [0.15, 0.2) is 0 Å². The standard InChI is InChI=1S/C12H15F2N3O3/c13-12(14)3-1-7(18)5-17-10(12)8-6-16(11(19)20)4-2-9(8)15-17/h7,18H,1-6H2,(H,19,20). The van der Waals surface area contributed by atoms with Gasteiger partial charge < -0.3 is 15.1 Å². The van der Waals surface area contributed by atoms with Gasteiger partial charge in [-0.05, 0) is 6.42 Å². The number of halogens is 2. The average Bonchev–Trinajstić information content (AvgIpc) is 2.68. The summed E-state index contributed by atoms with van der Waals surface area (Å²) in [6, 6.07) is 0. The lowest BCUT2D eigenvalue weighted by molar-refractivity contribution is -0.0250. The molecule has 0 saturated carbocycles. The molecule has 0 aliphatic carbocycles. The van der Waals surface area contributed by atoms with Gasteiger partial charge in [-0.25, -0.2) is 4.79 Å². The third-order valence-electron chi connectivity index (χ3n) is 3.89. The molecule has 2 aliphatic rings. The largest absolute Gasteiger partial charge is 0.465 e. The Morgan fingerprint density at radius 3 is 2.90 bits per heavy atom. The number of alkyl halides is 2. The molecule has 0 saturated heterocycles. The number of aliphatic hydroxyl groups excluding tert-OH is 1. The van der Waals surface area contributed by atoms with E-state index in [0.29, 0.717) is 17.7 Å². The summed E-state index contributed by atoms with van der Waals surface area (Å²) in [6.45, 7) is 0.226. The molecule has 3 rings (SSSR count). The molecular formula is C12H15F2N3O3. The van der Waals surface area contributed by atoms with Crippen LogP contribution < -0.4 is 0 Å². The second-order valence-electron chi connectivity index (χ2n) is 5.31. The molecule has 3 heterocycles. The van der Waals surface area contributed by atoms with Crippen molar-refractivity contribution in [3.05, 3.63) is 17.0 Å². The molecule has 1 aromatic rings. The summed E-state index contributed by atoms with van der Waals surface area (Å²) in [6.07, 6.45) is -2.08. The number of aromatic nitrogens is 2. The van der Waals surface area contributed by atoms with Crippen LogP contribution in [0, 0.1) is 0 Å². The van der Waals surface area contributed by atoms with Gasteiger partial charge in [0.1, 0.15) is 5.69 Å². The van der Waals surface area contributed by atoms with Gasteiger partial charge in [0.15, 0.2) is 0 Å². The first-order valence-electron chi connectivity index (χ1n) is 6.51. The number of rotatable bonds is 0. The minimum absolute atomic E-state index is 0.00772. The summed E-state index contributed by atoms with van der Waals surface area (Å²) in [5.41, 5.74) is 0.596. The average molecular weight is 287 g/mol. The molecule has 6 nitrogen and oxygen atoms in total. The highest BCUT2D eigenvalue weighted by Gasteiger charge is 2.43. The van der Waals surface area contributed by atoms with Gasteiger partial charge in [0.05, 0.1) is 24.9 Å². The summed E-state index contributed by atoms with van der Waals surface area (Å²) in [5, 5.41) is 22.8. The fourth-order valence-electron chi connectivity index (χ4n) is 2.89. The number of carboxylic acid groups (broad SMARTS) is 1. The monoisotopic (exact) mass is 287 g/mol. The Hall–Kier alpha value is -1.70. The minimum Gasteiger partial charge on any atom is -0.465 e. The van der Waals surface area contributed by atoms with E-state index in [4.69, 9.17) is 5.11 Å². The van der Waals surface area contributed by atoms with Crippen LogP contribution in [0.3, 0.4) is 0 Å². The van der Waals surface area contributed by atoms with Crippen LogP contribution in [0.5, 0.6) is 0 Å². The van der Waals surface area contributed by atoms with Crippen molar-refractivity contribution in [1.29, 1.82) is 0 Å². The van der Waals surface area contributed by atoms with Crippen molar-refractivity contribution in [3.8, 4) is 0 Å². The zero-order valence-electron chi connectivity index (χ0n) is 10.7. The normalized spacial score (nSPS) is 24.8. The first-order chi connectivity index (χ1) is 9.38. The van der Waals surface area contributed by atoms with E-state index >= 15 is 0 Å². The van der Waals surface area contributed by atoms with Crippen molar-refractivity contribution in [2.75, 3.05) is 6.54 Å². The first kappa shape index (κ1) is 13.3. The van der Waals surface area contributed by atoms with E-state index in [9.17, 15) is 18.7 Å². The predicted molar refractivity (Wildman–Crippen MR) is 63.5 cm³/mol. The van der Waals surface area contributed by atoms with E-state index < -0.39 is 24.5 Å². The first-order valence-corrected chi connectivity index (χ1v) is 6.51. The Kier molecular flexibility index (Phi) is 2.93. The molecule has 0 radical (unpaired) electrons. The zero-order chi connectivity index (χ0) is 14.5. The number of aliphatic hydroxyl groups is 1. The Morgan fingerprint density at radius 2 is 2.20 bits per heavy atom. The second kappa shape index (κ2) is 4.41. The zero-order valence-corrected chi connectivity index (χ0v) is 10.7. The lowest BCUT2D eigenvalue weighted by Crippen LogP contribution is -2.35. The van der Waals surface area contributed by atoms with Crippen molar-refractivity contribution < 1.29 is 23.8 Å². The van der Waals surface area contributed by atoms with Gasteiger partial charge in [-0.1, -0.05) is 0 Å². The molecule has 20 heavy (non-hydrogen) atoms. The van der Waals surface area contributed by atoms with Gasteiger partial charge in [-0.2, -0.15) is 13.9 Å². The SMILES string of the molecule is O=C(O)N1CCc2nn3c(c2C1)C(F)(F)CCC(O)C3. The van der Waals surface area contributed by atoms with Gasteiger partial charge >= 0.3 is 6.09 Å². The van der Waals surface area contributed by atoms with Crippen molar-refractivity contribution in [3.63, 3.8) is 0 Å².